The van der Waals surface area contributed by atoms with E-state index in [9.17, 15) is 13.6 Å². The standard InChI is InChI=1S/C24H15F2N5O2/c1-30-19-10-18(21-15(23(30)32)3-2-4-20(21)33-24(25)26)31-17-9-13(5-6-14-11-27-28-12-14)7-8-16(17)29-22(19)31/h2-4,7-12,19,24H,1H3,(H,27,28)/t19-/m1/s1. The van der Waals surface area contributed by atoms with Crippen LogP contribution in [0, 0.1) is 11.8 Å². The Morgan fingerprint density at radius 1 is 1.18 bits per heavy atom. The molecule has 2 bridgehead atoms. The van der Waals surface area contributed by atoms with Crippen LogP contribution in [0.1, 0.15) is 38.9 Å². The number of benzene rings is 2. The van der Waals surface area contributed by atoms with E-state index in [0.29, 0.717) is 28.2 Å². The Morgan fingerprint density at radius 2 is 2.03 bits per heavy atom. The number of nitrogens with one attached hydrogen (secondary N) is 1. The zero-order chi connectivity index (χ0) is 22.7. The number of likely N-dealkylation sites (N-methyl/N-ethyl adjacent to an activating group) is 1. The highest BCUT2D eigenvalue weighted by molar-refractivity contribution is 6.04. The summed E-state index contributed by atoms with van der Waals surface area (Å²) in [5.74, 6) is 6.44. The third-order valence-corrected chi connectivity index (χ3v) is 5.82. The third-order valence-electron chi connectivity index (χ3n) is 5.82. The SMILES string of the molecule is CN1C(=O)c2cccc(OC(F)F)c2C2=C[C@@H]1c1nc3ccc(C#Cc4cn[nH]c4)cc3n12. The number of hydrogen-bond donors (Lipinski definition) is 1. The molecule has 0 saturated carbocycles. The molecule has 2 aliphatic rings. The maximum absolute atomic E-state index is 13.2. The van der Waals surface area contributed by atoms with Gasteiger partial charge in [0, 0.05) is 18.8 Å². The van der Waals surface area contributed by atoms with Crippen LogP contribution in [0.3, 0.4) is 0 Å². The molecule has 0 spiro atoms. The number of aromatic nitrogens is 4. The zero-order valence-electron chi connectivity index (χ0n) is 17.2. The quantitative estimate of drug-likeness (QED) is 0.479. The molecule has 9 heteroatoms. The van der Waals surface area contributed by atoms with Gasteiger partial charge in [-0.1, -0.05) is 17.9 Å². The Labute approximate surface area is 186 Å². The molecule has 1 atom stereocenters. The molecule has 162 valence electrons. The zero-order valence-corrected chi connectivity index (χ0v) is 17.2. The van der Waals surface area contributed by atoms with E-state index in [1.54, 1.807) is 36.5 Å². The Balaban J connectivity index is 1.56. The van der Waals surface area contributed by atoms with Gasteiger partial charge in [-0.05, 0) is 36.4 Å². The monoisotopic (exact) mass is 443 g/mol. The average Bonchev–Trinajstić information content (AvgIpc) is 3.51. The van der Waals surface area contributed by atoms with E-state index in [1.165, 1.54) is 6.07 Å². The number of alkyl halides is 2. The first kappa shape index (κ1) is 19.3. The summed E-state index contributed by atoms with van der Waals surface area (Å²) in [4.78, 5) is 19.4. The summed E-state index contributed by atoms with van der Waals surface area (Å²) >= 11 is 0. The van der Waals surface area contributed by atoms with Crippen LogP contribution in [0.25, 0.3) is 16.7 Å². The predicted molar refractivity (Wildman–Crippen MR) is 116 cm³/mol. The van der Waals surface area contributed by atoms with Crippen molar-refractivity contribution >= 4 is 22.6 Å². The van der Waals surface area contributed by atoms with E-state index < -0.39 is 12.7 Å². The molecule has 2 aromatic heterocycles. The van der Waals surface area contributed by atoms with Crippen molar-refractivity contribution in [3.05, 3.63) is 82.9 Å². The molecule has 0 saturated heterocycles. The molecule has 1 amide bonds. The summed E-state index contributed by atoms with van der Waals surface area (Å²) in [5, 5.41) is 6.61. The summed E-state index contributed by atoms with van der Waals surface area (Å²) in [7, 11) is 1.67. The van der Waals surface area contributed by atoms with Crippen LogP contribution in [0.5, 0.6) is 5.75 Å². The molecule has 33 heavy (non-hydrogen) atoms. The molecule has 4 aromatic rings. The summed E-state index contributed by atoms with van der Waals surface area (Å²) in [6, 6.07) is 9.79. The number of carbonyl (C=O) groups excluding carboxylic acids is 1. The maximum atomic E-state index is 13.2. The van der Waals surface area contributed by atoms with Gasteiger partial charge >= 0.3 is 6.61 Å². The van der Waals surface area contributed by atoms with Gasteiger partial charge in [0.2, 0.25) is 0 Å². The van der Waals surface area contributed by atoms with E-state index >= 15 is 0 Å². The second-order valence-corrected chi connectivity index (χ2v) is 7.72. The van der Waals surface area contributed by atoms with E-state index in [-0.39, 0.29) is 11.7 Å². The topological polar surface area (TPSA) is 76.0 Å². The lowest BCUT2D eigenvalue weighted by Crippen LogP contribution is -2.31. The number of amides is 1. The molecule has 6 rings (SSSR count). The molecule has 0 aliphatic carbocycles. The molecule has 0 radical (unpaired) electrons. The van der Waals surface area contributed by atoms with Crippen molar-refractivity contribution in [2.24, 2.45) is 0 Å². The van der Waals surface area contributed by atoms with Gasteiger partial charge in [-0.2, -0.15) is 13.9 Å². The molecular formula is C24H15F2N5O2. The van der Waals surface area contributed by atoms with Gasteiger partial charge in [0.25, 0.3) is 5.91 Å². The smallest absolute Gasteiger partial charge is 0.387 e. The molecule has 4 heterocycles. The highest BCUT2D eigenvalue weighted by atomic mass is 19.3. The van der Waals surface area contributed by atoms with Crippen molar-refractivity contribution in [2.75, 3.05) is 7.05 Å². The number of nitrogens with zero attached hydrogens (tertiary/aromatic N) is 4. The Hall–Kier alpha value is -4.45. The second kappa shape index (κ2) is 7.03. The van der Waals surface area contributed by atoms with Crippen molar-refractivity contribution in [3.63, 3.8) is 0 Å². The lowest BCUT2D eigenvalue weighted by molar-refractivity contribution is -0.0500. The van der Waals surface area contributed by atoms with Crippen molar-refractivity contribution in [2.45, 2.75) is 12.7 Å². The average molecular weight is 443 g/mol. The van der Waals surface area contributed by atoms with Gasteiger partial charge < -0.3 is 9.64 Å². The lowest BCUT2D eigenvalue weighted by atomic mass is 10.0. The molecule has 0 unspecified atom stereocenters. The van der Waals surface area contributed by atoms with Crippen LogP contribution < -0.4 is 4.74 Å². The van der Waals surface area contributed by atoms with Gasteiger partial charge in [0.05, 0.1) is 39.6 Å². The van der Waals surface area contributed by atoms with Crippen molar-refractivity contribution in [1.29, 1.82) is 0 Å². The van der Waals surface area contributed by atoms with Gasteiger partial charge in [0.15, 0.2) is 0 Å². The minimum atomic E-state index is -3.02. The first-order valence-electron chi connectivity index (χ1n) is 10.1. The molecule has 7 nitrogen and oxygen atoms in total. The first-order chi connectivity index (χ1) is 16.0. The summed E-state index contributed by atoms with van der Waals surface area (Å²) in [6.45, 7) is -3.02. The fourth-order valence-corrected chi connectivity index (χ4v) is 4.35. The number of hydrogen-bond acceptors (Lipinski definition) is 4. The van der Waals surface area contributed by atoms with E-state index in [2.05, 4.69) is 22.0 Å². The van der Waals surface area contributed by atoms with E-state index in [0.717, 1.165) is 16.6 Å². The number of aromatic amines is 1. The van der Waals surface area contributed by atoms with Crippen molar-refractivity contribution in [3.8, 4) is 17.6 Å². The van der Waals surface area contributed by atoms with Crippen molar-refractivity contribution < 1.29 is 18.3 Å². The number of H-pyrrole nitrogens is 1. The predicted octanol–water partition coefficient (Wildman–Crippen LogP) is 3.79. The Morgan fingerprint density at radius 3 is 2.82 bits per heavy atom. The molecule has 1 N–H and O–H groups in total. The molecule has 2 aromatic carbocycles. The van der Waals surface area contributed by atoms with E-state index in [4.69, 9.17) is 9.72 Å². The van der Waals surface area contributed by atoms with Crippen LogP contribution >= 0.6 is 0 Å². The molecular weight excluding hydrogens is 428 g/mol. The Kier molecular flexibility index (Phi) is 4.10. The van der Waals surface area contributed by atoms with Crippen LogP contribution in [-0.2, 0) is 0 Å². The van der Waals surface area contributed by atoms with Crippen LogP contribution in [0.2, 0.25) is 0 Å². The largest absolute Gasteiger partial charge is 0.434 e. The van der Waals surface area contributed by atoms with Crippen LogP contribution in [0.4, 0.5) is 8.78 Å². The first-order valence-corrected chi connectivity index (χ1v) is 10.1. The van der Waals surface area contributed by atoms with Crippen molar-refractivity contribution in [1.82, 2.24) is 24.6 Å². The number of rotatable bonds is 2. The number of halogens is 2. The van der Waals surface area contributed by atoms with Gasteiger partial charge in [-0.3, -0.25) is 14.5 Å². The minimum absolute atomic E-state index is 0.0539. The van der Waals surface area contributed by atoms with E-state index in [1.807, 2.05) is 28.8 Å². The van der Waals surface area contributed by atoms with Gasteiger partial charge in [-0.15, -0.1) is 0 Å². The number of carbonyl (C=O) groups is 1. The second-order valence-electron chi connectivity index (χ2n) is 7.72. The fourth-order valence-electron chi connectivity index (χ4n) is 4.35. The summed E-state index contributed by atoms with van der Waals surface area (Å²) in [5.41, 5.74) is 4.20. The summed E-state index contributed by atoms with van der Waals surface area (Å²) in [6.07, 6.45) is 5.19. The fraction of sp³-hybridized carbons (Fsp3) is 0.125. The number of ether oxygens (including phenoxy) is 1. The normalized spacial score (nSPS) is 16.2. The number of fused-ring (bicyclic) bond motifs is 8. The molecule has 0 fully saturated rings. The summed E-state index contributed by atoms with van der Waals surface area (Å²) < 4.78 is 33.0. The highest BCUT2D eigenvalue weighted by Crippen LogP contribution is 2.45. The van der Waals surface area contributed by atoms with Crippen LogP contribution in [-0.4, -0.2) is 44.2 Å². The molecule has 2 aliphatic heterocycles. The third kappa shape index (κ3) is 2.91. The lowest BCUT2D eigenvalue weighted by Gasteiger charge is -2.25. The minimum Gasteiger partial charge on any atom is -0.434 e. The van der Waals surface area contributed by atoms with Gasteiger partial charge in [-0.25, -0.2) is 4.98 Å². The van der Waals surface area contributed by atoms with Gasteiger partial charge in [0.1, 0.15) is 17.6 Å². The number of imidazole rings is 1. The highest BCUT2D eigenvalue weighted by Gasteiger charge is 2.39. The Bertz CT molecular complexity index is 1530. The maximum Gasteiger partial charge on any atom is 0.387 e. The van der Waals surface area contributed by atoms with Crippen LogP contribution in [0.15, 0.2) is 54.9 Å².